The zero-order valence-corrected chi connectivity index (χ0v) is 18.9. The van der Waals surface area contributed by atoms with E-state index in [9.17, 15) is 23.7 Å². The third-order valence-electron chi connectivity index (χ3n) is 5.66. The molecule has 3 heterocycles. The Balaban J connectivity index is 1.62. The Bertz CT molecular complexity index is 742. The Hall–Kier alpha value is -1.46. The van der Waals surface area contributed by atoms with Crippen molar-refractivity contribution >= 4 is 46.7 Å². The number of β-lactam (4-membered cyclic amide) rings is 1. The molecule has 0 N–H and O–H groups in total. The highest BCUT2D eigenvalue weighted by atomic mass is 32.2. The highest BCUT2D eigenvalue weighted by Gasteiger charge is 2.68. The van der Waals surface area contributed by atoms with E-state index in [0.29, 0.717) is 0 Å². The van der Waals surface area contributed by atoms with Gasteiger partial charge in [0.05, 0.1) is 11.8 Å². The predicted octanol–water partition coefficient (Wildman–Crippen LogP) is 0.587. The first-order valence-electron chi connectivity index (χ1n) is 9.32. The number of thioether (sulfide) groups is 1. The number of fused-ring (bicyclic) bond motifs is 1. The summed E-state index contributed by atoms with van der Waals surface area (Å²) < 4.78 is 21.2. The van der Waals surface area contributed by atoms with E-state index in [4.69, 9.17) is 9.47 Å². The lowest BCUT2D eigenvalue weighted by atomic mass is 9.98. The highest BCUT2D eigenvalue weighted by molar-refractivity contribution is 8.01. The first-order chi connectivity index (χ1) is 13.3. The molecule has 3 aliphatic rings. The molecule has 0 aromatic heterocycles. The number of hydrogen-bond acceptors (Lipinski definition) is 8. The van der Waals surface area contributed by atoms with E-state index in [1.165, 1.54) is 28.5 Å². The summed E-state index contributed by atoms with van der Waals surface area (Å²) in [7, 11) is 0. The van der Waals surface area contributed by atoms with Crippen molar-refractivity contribution in [3.05, 3.63) is 0 Å². The number of rotatable bonds is 4. The molecule has 2 amide bonds. The molecule has 0 saturated carbocycles. The summed E-state index contributed by atoms with van der Waals surface area (Å²) in [5.74, 6) is -1.92. The van der Waals surface area contributed by atoms with Gasteiger partial charge in [-0.1, -0.05) is 0 Å². The summed E-state index contributed by atoms with van der Waals surface area (Å²) in [6, 6.07) is -1.80. The summed E-state index contributed by atoms with van der Waals surface area (Å²) in [4.78, 5) is 51.8. The molecule has 0 aromatic carbocycles. The lowest BCUT2D eigenvalue weighted by Gasteiger charge is -2.34. The van der Waals surface area contributed by atoms with Crippen LogP contribution in [0.2, 0.25) is 0 Å². The van der Waals surface area contributed by atoms with E-state index >= 15 is 0 Å². The normalized spacial score (nSPS) is 34.4. The van der Waals surface area contributed by atoms with Crippen LogP contribution in [-0.2, 0) is 39.8 Å². The monoisotopic (exact) mass is 446 g/mol. The molecule has 9 nitrogen and oxygen atoms in total. The molecule has 0 spiro atoms. The van der Waals surface area contributed by atoms with E-state index in [1.54, 1.807) is 13.8 Å². The maximum atomic E-state index is 12.6. The summed E-state index contributed by atoms with van der Waals surface area (Å²) in [5.41, 5.74) is 0. The summed E-state index contributed by atoms with van der Waals surface area (Å²) >= 11 is 0.0989. The molecule has 5 unspecified atom stereocenters. The van der Waals surface area contributed by atoms with Crippen molar-refractivity contribution in [1.82, 2.24) is 9.80 Å². The van der Waals surface area contributed by atoms with Gasteiger partial charge in [-0.25, -0.2) is 9.59 Å². The zero-order chi connectivity index (χ0) is 21.9. The minimum atomic E-state index is -1.38. The fraction of sp³-hybridized carbons (Fsp3) is 0.778. The van der Waals surface area contributed by atoms with Crippen LogP contribution < -0.4 is 0 Å². The second-order valence-electron chi connectivity index (χ2n) is 8.46. The average Bonchev–Trinajstić information content (AvgIpc) is 2.92. The molecule has 3 rings (SSSR count). The lowest BCUT2D eigenvalue weighted by Crippen LogP contribution is -2.57. The number of esters is 2. The number of ether oxygens (including phenoxy) is 2. The SMILES string of the molecule is CC(=O)N1C(C)SC(C)(C)C1C(=O)OCOC(=O)C1N2C(=O)CC2[S+]([O-])C1(C)C. The molecule has 3 aliphatic heterocycles. The van der Waals surface area contributed by atoms with Gasteiger partial charge in [-0.05, 0) is 45.8 Å². The Morgan fingerprint density at radius 3 is 2.24 bits per heavy atom. The first kappa shape index (κ1) is 22.2. The minimum Gasteiger partial charge on any atom is -0.614 e. The molecule has 0 aliphatic carbocycles. The van der Waals surface area contributed by atoms with Crippen molar-refractivity contribution in [2.75, 3.05) is 6.79 Å². The van der Waals surface area contributed by atoms with Crippen LogP contribution in [0.25, 0.3) is 0 Å². The molecule has 0 radical (unpaired) electrons. The first-order valence-corrected chi connectivity index (χ1v) is 11.4. The van der Waals surface area contributed by atoms with Crippen molar-refractivity contribution in [3.63, 3.8) is 0 Å². The number of amides is 2. The second-order valence-corrected chi connectivity index (χ2v) is 12.6. The molecule has 3 fully saturated rings. The van der Waals surface area contributed by atoms with Gasteiger partial charge in [0.2, 0.25) is 24.0 Å². The Morgan fingerprint density at radius 1 is 1.17 bits per heavy atom. The Kier molecular flexibility index (Phi) is 5.63. The van der Waals surface area contributed by atoms with Crippen molar-refractivity contribution in [3.8, 4) is 0 Å². The topological polar surface area (TPSA) is 116 Å². The molecule has 29 heavy (non-hydrogen) atoms. The third-order valence-corrected chi connectivity index (χ3v) is 9.21. The Morgan fingerprint density at radius 2 is 1.72 bits per heavy atom. The van der Waals surface area contributed by atoms with Crippen molar-refractivity contribution in [2.45, 2.75) is 80.3 Å². The highest BCUT2D eigenvalue weighted by Crippen LogP contribution is 2.46. The van der Waals surface area contributed by atoms with Crippen LogP contribution in [-0.4, -0.2) is 77.2 Å². The third kappa shape index (κ3) is 3.50. The minimum absolute atomic E-state index is 0.155. The van der Waals surface area contributed by atoms with Crippen LogP contribution in [0.5, 0.6) is 0 Å². The van der Waals surface area contributed by atoms with Gasteiger partial charge in [0.15, 0.2) is 10.8 Å². The largest absolute Gasteiger partial charge is 0.614 e. The number of carbonyl (C=O) groups is 4. The smallest absolute Gasteiger partial charge is 0.337 e. The zero-order valence-electron chi connectivity index (χ0n) is 17.3. The predicted molar refractivity (Wildman–Crippen MR) is 106 cm³/mol. The van der Waals surface area contributed by atoms with Crippen LogP contribution in [0.3, 0.4) is 0 Å². The van der Waals surface area contributed by atoms with Gasteiger partial charge < -0.3 is 18.9 Å². The average molecular weight is 447 g/mol. The lowest BCUT2D eigenvalue weighted by molar-refractivity contribution is -0.179. The fourth-order valence-corrected chi connectivity index (χ4v) is 7.80. The summed E-state index contributed by atoms with van der Waals surface area (Å²) in [6.07, 6.45) is 0.155. The van der Waals surface area contributed by atoms with Gasteiger partial charge in [-0.15, -0.1) is 11.8 Å². The quantitative estimate of drug-likeness (QED) is 0.267. The van der Waals surface area contributed by atoms with E-state index < -0.39 is 56.9 Å². The second kappa shape index (κ2) is 7.35. The molecule has 162 valence electrons. The van der Waals surface area contributed by atoms with E-state index in [1.807, 2.05) is 20.8 Å². The van der Waals surface area contributed by atoms with Crippen LogP contribution in [0.4, 0.5) is 0 Å². The van der Waals surface area contributed by atoms with Gasteiger partial charge in [0.1, 0.15) is 6.04 Å². The molecular formula is C18H26N2O7S2. The van der Waals surface area contributed by atoms with Crippen LogP contribution in [0, 0.1) is 0 Å². The van der Waals surface area contributed by atoms with Crippen molar-refractivity contribution in [1.29, 1.82) is 0 Å². The molecule has 0 bridgehead atoms. The maximum absolute atomic E-state index is 12.6. The Labute approximate surface area is 177 Å². The van der Waals surface area contributed by atoms with Crippen LogP contribution >= 0.6 is 11.8 Å². The van der Waals surface area contributed by atoms with Gasteiger partial charge in [0, 0.05) is 11.7 Å². The molecular weight excluding hydrogens is 420 g/mol. The number of carbonyl (C=O) groups excluding carboxylic acids is 4. The molecule has 5 atom stereocenters. The maximum Gasteiger partial charge on any atom is 0.337 e. The van der Waals surface area contributed by atoms with Crippen LogP contribution in [0.1, 0.15) is 48.0 Å². The van der Waals surface area contributed by atoms with Crippen molar-refractivity contribution < 1.29 is 33.2 Å². The number of nitrogens with zero attached hydrogens (tertiary/aromatic N) is 2. The molecule has 0 aromatic rings. The van der Waals surface area contributed by atoms with Gasteiger partial charge in [0.25, 0.3) is 0 Å². The fourth-order valence-electron chi connectivity index (χ4n) is 4.33. The van der Waals surface area contributed by atoms with E-state index in [0.717, 1.165) is 0 Å². The van der Waals surface area contributed by atoms with Crippen molar-refractivity contribution in [2.24, 2.45) is 0 Å². The van der Waals surface area contributed by atoms with E-state index in [2.05, 4.69) is 0 Å². The molecule has 11 heteroatoms. The van der Waals surface area contributed by atoms with Gasteiger partial charge in [-0.2, -0.15) is 0 Å². The standard InChI is InChI=1S/C18H26N2O7S2/c1-9(21)19-10(2)28-17(3,4)13(19)15(23)26-8-27-16(24)14-18(5,6)29(25)12-7-11(22)20(12)14/h10,12-14H,7-8H2,1-6H3. The van der Waals surface area contributed by atoms with E-state index in [-0.39, 0.29) is 23.6 Å². The molecule has 3 saturated heterocycles. The summed E-state index contributed by atoms with van der Waals surface area (Å²) in [6.45, 7) is 9.59. The number of hydrogen-bond donors (Lipinski definition) is 0. The van der Waals surface area contributed by atoms with Gasteiger partial charge >= 0.3 is 11.9 Å². The summed E-state index contributed by atoms with van der Waals surface area (Å²) in [5, 5.41) is -0.661. The van der Waals surface area contributed by atoms with Gasteiger partial charge in [-0.3, -0.25) is 14.5 Å². The van der Waals surface area contributed by atoms with Crippen LogP contribution in [0.15, 0.2) is 0 Å².